The van der Waals surface area contributed by atoms with Gasteiger partial charge in [0.1, 0.15) is 0 Å². The highest BCUT2D eigenvalue weighted by atomic mass is 16.7. The molecular weight excluding hydrogens is 220 g/mol. The van der Waals surface area contributed by atoms with Gasteiger partial charge in [0.2, 0.25) is 0 Å². The Kier molecular flexibility index (Phi) is 0.975. The quantitative estimate of drug-likeness (QED) is 0.611. The third kappa shape index (κ3) is 0.449. The minimum absolute atomic E-state index is 0.0507. The van der Waals surface area contributed by atoms with Crippen LogP contribution in [0, 0.1) is 46.8 Å². The SMILES string of the molecule is COC(=O)C12C3[C@H]4C5[C@H]3[C@H]1C([C@H]42)C51OCCO1. The normalized spacial score (nSPS) is 68.9. The molecule has 6 aliphatic carbocycles. The molecule has 0 N–H and O–H groups in total. The van der Waals surface area contributed by atoms with E-state index in [-0.39, 0.29) is 17.2 Å². The second-order valence-electron chi connectivity index (χ2n) is 6.63. The van der Waals surface area contributed by atoms with Gasteiger partial charge in [-0.1, -0.05) is 0 Å². The molecule has 0 aromatic carbocycles. The summed E-state index contributed by atoms with van der Waals surface area (Å²) < 4.78 is 17.0. The van der Waals surface area contributed by atoms with Crippen LogP contribution in [0.2, 0.25) is 0 Å². The molecule has 0 aromatic rings. The molecule has 17 heavy (non-hydrogen) atoms. The summed E-state index contributed by atoms with van der Waals surface area (Å²) >= 11 is 0. The van der Waals surface area contributed by atoms with Crippen molar-refractivity contribution in [2.45, 2.75) is 5.79 Å². The first-order valence-corrected chi connectivity index (χ1v) is 6.66. The van der Waals surface area contributed by atoms with E-state index in [1.165, 1.54) is 7.11 Å². The Balaban J connectivity index is 1.50. The molecule has 1 saturated heterocycles. The van der Waals surface area contributed by atoms with E-state index in [0.717, 1.165) is 13.2 Å². The van der Waals surface area contributed by atoms with Crippen molar-refractivity contribution in [2.24, 2.45) is 46.8 Å². The average Bonchev–Trinajstić information content (AvgIpc) is 2.85. The standard InChI is InChI=1S/C13H14O4/c1-15-11(14)12-6-4-7-5(6)9(12)10(8(4)12)13(7)16-2-3-17-13/h4-10H,2-3H2,1H3/t4-,5-,6?,7?,8-,9-,10?,12?/m0/s1. The Morgan fingerprint density at radius 3 is 2.29 bits per heavy atom. The van der Waals surface area contributed by atoms with E-state index in [1.807, 2.05) is 0 Å². The monoisotopic (exact) mass is 234 g/mol. The largest absolute Gasteiger partial charge is 0.469 e. The third-order valence-electron chi connectivity index (χ3n) is 7.12. The van der Waals surface area contributed by atoms with Gasteiger partial charge in [-0.3, -0.25) is 4.79 Å². The molecule has 0 radical (unpaired) electrons. The van der Waals surface area contributed by atoms with Crippen LogP contribution >= 0.6 is 0 Å². The molecule has 4 atom stereocenters. The molecule has 0 aromatic heterocycles. The van der Waals surface area contributed by atoms with Crippen molar-refractivity contribution in [1.82, 2.24) is 0 Å². The molecule has 0 unspecified atom stereocenters. The van der Waals surface area contributed by atoms with Crippen molar-refractivity contribution in [3.05, 3.63) is 0 Å². The first-order chi connectivity index (χ1) is 8.30. The molecule has 4 heteroatoms. The smallest absolute Gasteiger partial charge is 0.312 e. The van der Waals surface area contributed by atoms with Crippen LogP contribution in [0.15, 0.2) is 0 Å². The lowest BCUT2D eigenvalue weighted by Gasteiger charge is -2.88. The molecule has 0 amide bonds. The topological polar surface area (TPSA) is 44.8 Å². The van der Waals surface area contributed by atoms with Crippen LogP contribution in [-0.4, -0.2) is 32.1 Å². The van der Waals surface area contributed by atoms with Crippen molar-refractivity contribution in [3.8, 4) is 0 Å². The van der Waals surface area contributed by atoms with Crippen LogP contribution in [0.5, 0.6) is 0 Å². The number of rotatable bonds is 1. The predicted octanol–water partition coefficient (Wildman–Crippen LogP) is 0.270. The number of ether oxygens (including phenoxy) is 3. The third-order valence-corrected chi connectivity index (χ3v) is 7.12. The maximum atomic E-state index is 12.0. The lowest BCUT2D eigenvalue weighted by Crippen LogP contribution is -2.90. The summed E-state index contributed by atoms with van der Waals surface area (Å²) in [4.78, 5) is 12.0. The van der Waals surface area contributed by atoms with Crippen molar-refractivity contribution in [2.75, 3.05) is 20.3 Å². The highest BCUT2D eigenvalue weighted by Crippen LogP contribution is 3.02. The van der Waals surface area contributed by atoms with Crippen molar-refractivity contribution < 1.29 is 19.0 Å². The molecule has 1 heterocycles. The number of hydrogen-bond acceptors (Lipinski definition) is 4. The van der Waals surface area contributed by atoms with E-state index < -0.39 is 0 Å². The van der Waals surface area contributed by atoms with Gasteiger partial charge in [0.15, 0.2) is 5.79 Å². The first-order valence-electron chi connectivity index (χ1n) is 6.66. The molecule has 90 valence electrons. The fraction of sp³-hybridized carbons (Fsp3) is 0.923. The van der Waals surface area contributed by atoms with Crippen LogP contribution in [0.3, 0.4) is 0 Å². The minimum atomic E-state index is -0.269. The maximum Gasteiger partial charge on any atom is 0.312 e. The van der Waals surface area contributed by atoms with E-state index in [9.17, 15) is 4.79 Å². The zero-order valence-corrected chi connectivity index (χ0v) is 9.59. The van der Waals surface area contributed by atoms with Gasteiger partial charge in [-0.2, -0.15) is 0 Å². The molecule has 7 rings (SSSR count). The Hall–Kier alpha value is -0.610. The number of carbonyl (C=O) groups excluding carboxylic acids is 1. The minimum Gasteiger partial charge on any atom is -0.469 e. The summed E-state index contributed by atoms with van der Waals surface area (Å²) in [5.74, 6) is 4.01. The van der Waals surface area contributed by atoms with E-state index in [1.54, 1.807) is 0 Å². The summed E-state index contributed by atoms with van der Waals surface area (Å²) in [5, 5.41) is 0. The van der Waals surface area contributed by atoms with Gasteiger partial charge in [0.25, 0.3) is 0 Å². The second-order valence-corrected chi connectivity index (χ2v) is 6.63. The molecule has 7 fully saturated rings. The number of carbonyl (C=O) groups is 1. The molecular formula is C13H14O4. The molecule has 7 aliphatic rings. The van der Waals surface area contributed by atoms with Crippen LogP contribution in [-0.2, 0) is 19.0 Å². The van der Waals surface area contributed by atoms with Crippen molar-refractivity contribution >= 4 is 5.97 Å². The number of methoxy groups -OCH3 is 1. The van der Waals surface area contributed by atoms with Gasteiger partial charge in [-0.15, -0.1) is 0 Å². The number of hydrogen-bond donors (Lipinski definition) is 0. The fourth-order valence-electron chi connectivity index (χ4n) is 7.26. The van der Waals surface area contributed by atoms with E-state index in [2.05, 4.69) is 0 Å². The summed E-state index contributed by atoms with van der Waals surface area (Å²) in [5.41, 5.74) is -0.0793. The van der Waals surface area contributed by atoms with E-state index in [0.29, 0.717) is 41.4 Å². The Morgan fingerprint density at radius 2 is 1.71 bits per heavy atom. The summed E-state index contributed by atoms with van der Waals surface area (Å²) in [6, 6.07) is 0. The Morgan fingerprint density at radius 1 is 1.06 bits per heavy atom. The van der Waals surface area contributed by atoms with Gasteiger partial charge in [-0.05, 0) is 29.6 Å². The van der Waals surface area contributed by atoms with Gasteiger partial charge >= 0.3 is 5.97 Å². The maximum absolute atomic E-state index is 12.0. The summed E-state index contributed by atoms with van der Waals surface area (Å²) in [6.07, 6.45) is 0. The summed E-state index contributed by atoms with van der Waals surface area (Å²) in [6.45, 7) is 1.48. The molecule has 2 bridgehead atoms. The van der Waals surface area contributed by atoms with Crippen molar-refractivity contribution in [3.63, 3.8) is 0 Å². The average molecular weight is 234 g/mol. The first kappa shape index (κ1) is 8.48. The Bertz CT molecular complexity index is 460. The van der Waals surface area contributed by atoms with Gasteiger partial charge < -0.3 is 14.2 Å². The highest BCUT2D eigenvalue weighted by Gasteiger charge is 3.06. The van der Waals surface area contributed by atoms with Crippen LogP contribution in [0.25, 0.3) is 0 Å². The number of esters is 1. The van der Waals surface area contributed by atoms with Gasteiger partial charge in [-0.25, -0.2) is 0 Å². The zero-order valence-electron chi connectivity index (χ0n) is 9.59. The second kappa shape index (κ2) is 1.95. The predicted molar refractivity (Wildman–Crippen MR) is 53.5 cm³/mol. The van der Waals surface area contributed by atoms with E-state index in [4.69, 9.17) is 14.2 Å². The van der Waals surface area contributed by atoms with E-state index >= 15 is 0 Å². The lowest BCUT2D eigenvalue weighted by atomic mass is 9.13. The lowest BCUT2D eigenvalue weighted by molar-refractivity contribution is -0.430. The zero-order chi connectivity index (χ0) is 11.2. The van der Waals surface area contributed by atoms with Crippen LogP contribution in [0.1, 0.15) is 0 Å². The fourth-order valence-corrected chi connectivity index (χ4v) is 7.26. The molecule has 1 aliphatic heterocycles. The highest BCUT2D eigenvalue weighted by molar-refractivity contribution is 5.86. The molecule has 1 spiro atoms. The molecule has 4 nitrogen and oxygen atoms in total. The van der Waals surface area contributed by atoms with Gasteiger partial charge in [0.05, 0.1) is 25.7 Å². The van der Waals surface area contributed by atoms with Crippen molar-refractivity contribution in [1.29, 1.82) is 0 Å². The van der Waals surface area contributed by atoms with Crippen LogP contribution < -0.4 is 0 Å². The molecule has 6 saturated carbocycles. The van der Waals surface area contributed by atoms with Gasteiger partial charge in [0, 0.05) is 11.8 Å². The Labute approximate surface area is 98.6 Å². The summed E-state index contributed by atoms with van der Waals surface area (Å²) in [7, 11) is 1.53. The van der Waals surface area contributed by atoms with Crippen LogP contribution in [0.4, 0.5) is 0 Å².